The van der Waals surface area contributed by atoms with E-state index >= 15 is 0 Å². The topological polar surface area (TPSA) is 37.3 Å². The molecule has 1 atom stereocenters. The molecule has 0 aliphatic heterocycles. The van der Waals surface area contributed by atoms with Crippen LogP contribution in [0.2, 0.25) is 0 Å². The van der Waals surface area contributed by atoms with E-state index in [9.17, 15) is 9.90 Å². The molecule has 0 aliphatic rings. The lowest BCUT2D eigenvalue weighted by Crippen LogP contribution is -2.35. The highest BCUT2D eigenvalue weighted by Gasteiger charge is 2.36. The fourth-order valence-corrected chi connectivity index (χ4v) is 2.60. The number of carbonyl (C=O) groups is 1. The van der Waals surface area contributed by atoms with Crippen LogP contribution in [0.15, 0.2) is 60.7 Å². The van der Waals surface area contributed by atoms with E-state index in [4.69, 9.17) is 0 Å². The molecule has 0 fully saturated rings. The number of hydrogen-bond acceptors (Lipinski definition) is 2. The lowest BCUT2D eigenvalue weighted by Gasteiger charge is -2.33. The van der Waals surface area contributed by atoms with Crippen LogP contribution < -0.4 is 0 Å². The third-order valence-corrected chi connectivity index (χ3v) is 3.74. The first-order chi connectivity index (χ1) is 9.48. The molecule has 2 rings (SSSR count). The summed E-state index contributed by atoms with van der Waals surface area (Å²) >= 11 is 0. The fourth-order valence-electron chi connectivity index (χ4n) is 2.60. The standard InChI is InChI=1S/C18H20O2/c1-17(2,15-9-5-3-6-10-15)13-18(20,14-19)16-11-7-4-8-12-16/h3-12,14,20H,13H2,1-2H3. The molecule has 0 amide bonds. The van der Waals surface area contributed by atoms with E-state index in [2.05, 4.69) is 0 Å². The Morgan fingerprint density at radius 2 is 1.35 bits per heavy atom. The molecule has 20 heavy (non-hydrogen) atoms. The van der Waals surface area contributed by atoms with Gasteiger partial charge in [-0.3, -0.25) is 4.79 Å². The van der Waals surface area contributed by atoms with Gasteiger partial charge in [0, 0.05) is 0 Å². The van der Waals surface area contributed by atoms with E-state index in [1.807, 2.05) is 62.4 Å². The molecule has 2 aromatic carbocycles. The van der Waals surface area contributed by atoms with Crippen LogP contribution in [0.5, 0.6) is 0 Å². The van der Waals surface area contributed by atoms with E-state index in [1.165, 1.54) is 0 Å². The monoisotopic (exact) mass is 268 g/mol. The van der Waals surface area contributed by atoms with E-state index in [0.29, 0.717) is 18.3 Å². The largest absolute Gasteiger partial charge is 0.378 e. The minimum atomic E-state index is -1.46. The Bertz CT molecular complexity index is 560. The summed E-state index contributed by atoms with van der Waals surface area (Å²) in [4.78, 5) is 11.5. The SMILES string of the molecule is CC(C)(CC(O)(C=O)c1ccccc1)c1ccccc1. The molecule has 1 N–H and O–H groups in total. The summed E-state index contributed by atoms with van der Waals surface area (Å²) in [6.07, 6.45) is 0.991. The zero-order chi connectivity index (χ0) is 14.6. The molecule has 1 unspecified atom stereocenters. The molecule has 2 heteroatoms. The first-order valence-electron chi connectivity index (χ1n) is 6.78. The maximum absolute atomic E-state index is 11.5. The lowest BCUT2D eigenvalue weighted by molar-refractivity contribution is -0.127. The van der Waals surface area contributed by atoms with Crippen molar-refractivity contribution in [2.45, 2.75) is 31.3 Å². The number of benzene rings is 2. The highest BCUT2D eigenvalue weighted by atomic mass is 16.3. The van der Waals surface area contributed by atoms with Gasteiger partial charge in [-0.05, 0) is 23.0 Å². The Kier molecular flexibility index (Phi) is 4.05. The van der Waals surface area contributed by atoms with Gasteiger partial charge in [-0.1, -0.05) is 74.5 Å². The van der Waals surface area contributed by atoms with Crippen molar-refractivity contribution in [2.24, 2.45) is 0 Å². The second kappa shape index (κ2) is 5.59. The Morgan fingerprint density at radius 1 is 0.900 bits per heavy atom. The van der Waals surface area contributed by atoms with Crippen molar-refractivity contribution in [1.29, 1.82) is 0 Å². The summed E-state index contributed by atoms with van der Waals surface area (Å²) < 4.78 is 0. The van der Waals surface area contributed by atoms with Gasteiger partial charge in [0.25, 0.3) is 0 Å². The first kappa shape index (κ1) is 14.5. The van der Waals surface area contributed by atoms with Crippen molar-refractivity contribution in [3.63, 3.8) is 0 Å². The Balaban J connectivity index is 2.33. The zero-order valence-corrected chi connectivity index (χ0v) is 11.9. The van der Waals surface area contributed by atoms with Crippen molar-refractivity contribution in [3.8, 4) is 0 Å². The number of hydrogen-bond donors (Lipinski definition) is 1. The summed E-state index contributed by atoms with van der Waals surface area (Å²) in [6.45, 7) is 4.08. The summed E-state index contributed by atoms with van der Waals surface area (Å²) in [5.41, 5.74) is -0.0110. The van der Waals surface area contributed by atoms with Crippen LogP contribution in [0.25, 0.3) is 0 Å². The highest BCUT2D eigenvalue weighted by molar-refractivity contribution is 5.66. The van der Waals surface area contributed by atoms with Crippen LogP contribution in [0.3, 0.4) is 0 Å². The van der Waals surface area contributed by atoms with Gasteiger partial charge in [-0.2, -0.15) is 0 Å². The fraction of sp³-hybridized carbons (Fsp3) is 0.278. The average molecular weight is 268 g/mol. The van der Waals surface area contributed by atoms with Gasteiger partial charge in [-0.25, -0.2) is 0 Å². The maximum atomic E-state index is 11.5. The minimum Gasteiger partial charge on any atom is -0.378 e. The van der Waals surface area contributed by atoms with Crippen LogP contribution in [0, 0.1) is 0 Å². The Hall–Kier alpha value is -1.93. The molecule has 2 nitrogen and oxygen atoms in total. The third-order valence-electron chi connectivity index (χ3n) is 3.74. The number of aliphatic hydroxyl groups is 1. The predicted octanol–water partition coefficient (Wildman–Crippen LogP) is 3.44. The van der Waals surface area contributed by atoms with Gasteiger partial charge in [-0.15, -0.1) is 0 Å². The zero-order valence-electron chi connectivity index (χ0n) is 11.9. The van der Waals surface area contributed by atoms with Gasteiger partial charge >= 0.3 is 0 Å². The molecule has 0 aromatic heterocycles. The summed E-state index contributed by atoms with van der Waals surface area (Å²) in [6, 6.07) is 19.1. The molecule has 0 spiro atoms. The van der Waals surface area contributed by atoms with Crippen LogP contribution in [-0.4, -0.2) is 11.4 Å². The lowest BCUT2D eigenvalue weighted by atomic mass is 9.73. The molecule has 0 saturated carbocycles. The molecule has 0 saturated heterocycles. The van der Waals surface area contributed by atoms with E-state index < -0.39 is 5.60 Å². The maximum Gasteiger partial charge on any atom is 0.156 e. The predicted molar refractivity (Wildman–Crippen MR) is 80.5 cm³/mol. The van der Waals surface area contributed by atoms with Crippen molar-refractivity contribution in [2.75, 3.05) is 0 Å². The van der Waals surface area contributed by atoms with Crippen LogP contribution in [0.4, 0.5) is 0 Å². The van der Waals surface area contributed by atoms with E-state index in [0.717, 1.165) is 5.56 Å². The van der Waals surface area contributed by atoms with Gasteiger partial charge in [0.1, 0.15) is 5.60 Å². The molecule has 2 aromatic rings. The van der Waals surface area contributed by atoms with Gasteiger partial charge < -0.3 is 5.11 Å². The number of aldehydes is 1. The highest BCUT2D eigenvalue weighted by Crippen LogP contribution is 2.36. The Morgan fingerprint density at radius 3 is 1.80 bits per heavy atom. The normalized spacial score (nSPS) is 14.6. The quantitative estimate of drug-likeness (QED) is 0.843. The molecule has 104 valence electrons. The van der Waals surface area contributed by atoms with Gasteiger partial charge in [0.15, 0.2) is 6.29 Å². The van der Waals surface area contributed by atoms with Crippen LogP contribution in [-0.2, 0) is 15.8 Å². The minimum absolute atomic E-state index is 0.299. The molecule has 0 aliphatic carbocycles. The number of carbonyl (C=O) groups excluding carboxylic acids is 1. The van der Waals surface area contributed by atoms with Crippen molar-refractivity contribution in [3.05, 3.63) is 71.8 Å². The molecule has 0 radical (unpaired) electrons. The van der Waals surface area contributed by atoms with Crippen LogP contribution in [0.1, 0.15) is 31.4 Å². The summed E-state index contributed by atoms with van der Waals surface area (Å²) in [5.74, 6) is 0. The molecular weight excluding hydrogens is 248 g/mol. The van der Waals surface area contributed by atoms with Crippen molar-refractivity contribution >= 4 is 6.29 Å². The second-order valence-electron chi connectivity index (χ2n) is 5.83. The van der Waals surface area contributed by atoms with Gasteiger partial charge in [0.05, 0.1) is 0 Å². The van der Waals surface area contributed by atoms with E-state index in [1.54, 1.807) is 12.1 Å². The van der Waals surface area contributed by atoms with E-state index in [-0.39, 0.29) is 5.41 Å². The third kappa shape index (κ3) is 2.97. The van der Waals surface area contributed by atoms with Gasteiger partial charge in [0.2, 0.25) is 0 Å². The first-order valence-corrected chi connectivity index (χ1v) is 6.78. The molecular formula is C18H20O2. The molecule has 0 heterocycles. The average Bonchev–Trinajstić information content (AvgIpc) is 2.48. The summed E-state index contributed by atoms with van der Waals surface area (Å²) in [5, 5.41) is 10.7. The van der Waals surface area contributed by atoms with Crippen LogP contribution >= 0.6 is 0 Å². The van der Waals surface area contributed by atoms with Crippen molar-refractivity contribution < 1.29 is 9.90 Å². The van der Waals surface area contributed by atoms with Crippen molar-refractivity contribution in [1.82, 2.24) is 0 Å². The molecule has 0 bridgehead atoms. The number of rotatable bonds is 5. The smallest absolute Gasteiger partial charge is 0.156 e. The summed E-state index contributed by atoms with van der Waals surface area (Å²) in [7, 11) is 0. The second-order valence-corrected chi connectivity index (χ2v) is 5.83. The Labute approximate surface area is 120 Å².